The van der Waals surface area contributed by atoms with E-state index in [1.807, 2.05) is 70.5 Å². The largest absolute Gasteiger partial charge is 0.493 e. The summed E-state index contributed by atoms with van der Waals surface area (Å²) in [5, 5.41) is 18.7. The summed E-state index contributed by atoms with van der Waals surface area (Å²) in [6.07, 6.45) is 6.51. The lowest BCUT2D eigenvalue weighted by Gasteiger charge is -2.13. The molecule has 1 N–H and O–H groups in total. The van der Waals surface area contributed by atoms with E-state index in [-0.39, 0.29) is 6.61 Å². The first-order chi connectivity index (χ1) is 23.0. The van der Waals surface area contributed by atoms with Gasteiger partial charge in [-0.2, -0.15) is 5.10 Å². The highest BCUT2D eigenvalue weighted by molar-refractivity contribution is 6.04. The number of ether oxygens (including phenoxy) is 3. The standard InChI is InChI=1S/C37H39N5O5/c1-40-19-17-38-33(40)24-46-22-30-34-29-14-8-13-27-28(15-9-21-47-32-16-7-11-25-10-3-4-12-26(25)32)36(37(43)44)42(35(27)29)18-5-6-20-45-23-31(34)41(2)39-30/h3-4,7-8,10-14,16-17,19H,5-6,9,15,18,20-24H2,1-2H3,(H,43,44). The van der Waals surface area contributed by atoms with Gasteiger partial charge in [-0.1, -0.05) is 54.6 Å². The van der Waals surface area contributed by atoms with Gasteiger partial charge in [-0.15, -0.1) is 0 Å². The molecule has 7 rings (SSSR count). The van der Waals surface area contributed by atoms with Gasteiger partial charge in [0.2, 0.25) is 0 Å². The fourth-order valence-corrected chi connectivity index (χ4v) is 6.77. The first kappa shape index (κ1) is 30.7. The van der Waals surface area contributed by atoms with E-state index in [9.17, 15) is 9.90 Å². The highest BCUT2D eigenvalue weighted by Gasteiger charge is 2.28. The van der Waals surface area contributed by atoms with Crippen molar-refractivity contribution < 1.29 is 24.1 Å². The lowest BCUT2D eigenvalue weighted by molar-refractivity contribution is 0.0683. The number of hydrogen-bond acceptors (Lipinski definition) is 6. The Morgan fingerprint density at radius 2 is 1.83 bits per heavy atom. The summed E-state index contributed by atoms with van der Waals surface area (Å²) in [7, 11) is 3.87. The van der Waals surface area contributed by atoms with Crippen LogP contribution >= 0.6 is 0 Å². The van der Waals surface area contributed by atoms with Crippen LogP contribution < -0.4 is 4.74 Å². The number of carboxylic acids is 1. The minimum atomic E-state index is -0.923. The molecule has 4 heterocycles. The molecule has 10 nitrogen and oxygen atoms in total. The van der Waals surface area contributed by atoms with Crippen LogP contribution in [0.15, 0.2) is 73.1 Å². The molecule has 0 aliphatic carbocycles. The first-order valence-corrected chi connectivity index (χ1v) is 16.2. The van der Waals surface area contributed by atoms with Crippen LogP contribution in [-0.4, -0.2) is 48.2 Å². The van der Waals surface area contributed by atoms with E-state index in [0.717, 1.165) is 74.2 Å². The SMILES string of the molecule is Cn1ccnc1COCc1nn(C)c2c1-c1cccc3c(CCCOc4cccc5ccccc45)c(C(=O)O)n(c13)CCCCOC2. The van der Waals surface area contributed by atoms with Gasteiger partial charge in [-0.05, 0) is 42.7 Å². The molecule has 0 radical (unpaired) electrons. The molecule has 0 fully saturated rings. The average molecular weight is 634 g/mol. The van der Waals surface area contributed by atoms with E-state index >= 15 is 0 Å². The summed E-state index contributed by atoms with van der Waals surface area (Å²) < 4.78 is 24.3. The van der Waals surface area contributed by atoms with Crippen molar-refractivity contribution in [1.29, 1.82) is 0 Å². The van der Waals surface area contributed by atoms with Crippen LogP contribution in [0.3, 0.4) is 0 Å². The maximum Gasteiger partial charge on any atom is 0.352 e. The minimum absolute atomic E-state index is 0.275. The first-order valence-electron chi connectivity index (χ1n) is 16.2. The number of nitrogens with zero attached hydrogens (tertiary/aromatic N) is 5. The van der Waals surface area contributed by atoms with E-state index < -0.39 is 5.97 Å². The normalized spacial score (nSPS) is 13.5. The second kappa shape index (κ2) is 13.4. The Kier molecular flexibility index (Phi) is 8.78. The third-order valence-electron chi connectivity index (χ3n) is 9.03. The average Bonchev–Trinajstić information content (AvgIpc) is 3.72. The lowest BCUT2D eigenvalue weighted by Crippen LogP contribution is -2.12. The van der Waals surface area contributed by atoms with Gasteiger partial charge in [-0.3, -0.25) is 4.68 Å². The summed E-state index contributed by atoms with van der Waals surface area (Å²) in [6, 6.07) is 20.4. The number of carbonyl (C=O) groups is 1. The molecule has 242 valence electrons. The number of carboxylic acid groups (broad SMARTS) is 1. The van der Waals surface area contributed by atoms with E-state index in [2.05, 4.69) is 29.2 Å². The molecule has 47 heavy (non-hydrogen) atoms. The van der Waals surface area contributed by atoms with Crippen molar-refractivity contribution >= 4 is 27.6 Å². The summed E-state index contributed by atoms with van der Waals surface area (Å²) in [5.74, 6) is 0.742. The topological polar surface area (TPSA) is 106 Å². The van der Waals surface area contributed by atoms with Crippen molar-refractivity contribution in [3.63, 3.8) is 0 Å². The van der Waals surface area contributed by atoms with E-state index in [0.29, 0.717) is 51.5 Å². The Bertz CT molecular complexity index is 2050. The smallest absolute Gasteiger partial charge is 0.352 e. The van der Waals surface area contributed by atoms with Gasteiger partial charge < -0.3 is 28.5 Å². The Labute approximate surface area is 273 Å². The zero-order chi connectivity index (χ0) is 32.3. The maximum absolute atomic E-state index is 13.0. The van der Waals surface area contributed by atoms with Gasteiger partial charge in [0.25, 0.3) is 0 Å². The van der Waals surface area contributed by atoms with Gasteiger partial charge in [0, 0.05) is 61.5 Å². The van der Waals surface area contributed by atoms with Gasteiger partial charge in [0.05, 0.1) is 36.7 Å². The highest BCUT2D eigenvalue weighted by Crippen LogP contribution is 2.39. The molecule has 6 aromatic rings. The van der Waals surface area contributed by atoms with Gasteiger partial charge >= 0.3 is 5.97 Å². The molecule has 3 aromatic carbocycles. The van der Waals surface area contributed by atoms with Crippen molar-refractivity contribution in [1.82, 2.24) is 23.9 Å². The Hall–Kier alpha value is -4.93. The molecule has 0 unspecified atom stereocenters. The second-order valence-electron chi connectivity index (χ2n) is 12.0. The Morgan fingerprint density at radius 3 is 2.68 bits per heavy atom. The molecule has 10 heteroatoms. The van der Waals surface area contributed by atoms with Gasteiger partial charge in [0.1, 0.15) is 23.9 Å². The van der Waals surface area contributed by atoms with Crippen LogP contribution in [0, 0.1) is 0 Å². The van der Waals surface area contributed by atoms with Crippen molar-refractivity contribution in [2.24, 2.45) is 14.1 Å². The lowest BCUT2D eigenvalue weighted by atomic mass is 9.98. The number of benzene rings is 3. The number of rotatable bonds is 10. The third-order valence-corrected chi connectivity index (χ3v) is 9.03. The van der Waals surface area contributed by atoms with E-state index in [1.54, 1.807) is 6.20 Å². The molecule has 1 aliphatic heterocycles. The van der Waals surface area contributed by atoms with Crippen LogP contribution in [0.2, 0.25) is 0 Å². The van der Waals surface area contributed by atoms with Gasteiger partial charge in [0.15, 0.2) is 0 Å². The second-order valence-corrected chi connectivity index (χ2v) is 12.0. The maximum atomic E-state index is 13.0. The molecule has 0 amide bonds. The number of hydrogen-bond donors (Lipinski definition) is 1. The highest BCUT2D eigenvalue weighted by atomic mass is 16.5. The van der Waals surface area contributed by atoms with Crippen LogP contribution in [0.4, 0.5) is 0 Å². The number of aromatic nitrogens is 5. The number of para-hydroxylation sites is 1. The predicted octanol–water partition coefficient (Wildman–Crippen LogP) is 6.67. The van der Waals surface area contributed by atoms with Crippen LogP contribution in [0.25, 0.3) is 32.8 Å². The predicted molar refractivity (Wildman–Crippen MR) is 179 cm³/mol. The summed E-state index contributed by atoms with van der Waals surface area (Å²) in [6.45, 7) is 2.65. The molecule has 0 saturated carbocycles. The number of fused-ring (bicyclic) bond motifs is 3. The monoisotopic (exact) mass is 633 g/mol. The molecular formula is C37H39N5O5. The number of aryl methyl sites for hydroxylation is 4. The molecular weight excluding hydrogens is 594 g/mol. The number of aromatic carboxylic acids is 1. The van der Waals surface area contributed by atoms with Crippen LogP contribution in [0.5, 0.6) is 5.75 Å². The molecule has 0 bridgehead atoms. The summed E-state index contributed by atoms with van der Waals surface area (Å²) in [5.41, 5.74) is 5.68. The van der Waals surface area contributed by atoms with Crippen molar-refractivity contribution in [3.8, 4) is 16.9 Å². The fraction of sp³-hybridized carbons (Fsp3) is 0.324. The van der Waals surface area contributed by atoms with Crippen LogP contribution in [0.1, 0.15) is 52.5 Å². The fourth-order valence-electron chi connectivity index (χ4n) is 6.77. The van der Waals surface area contributed by atoms with E-state index in [4.69, 9.17) is 19.3 Å². The minimum Gasteiger partial charge on any atom is -0.493 e. The zero-order valence-electron chi connectivity index (χ0n) is 26.8. The summed E-state index contributed by atoms with van der Waals surface area (Å²) in [4.78, 5) is 17.4. The van der Waals surface area contributed by atoms with Crippen LogP contribution in [-0.2, 0) is 56.4 Å². The van der Waals surface area contributed by atoms with Crippen molar-refractivity contribution in [2.75, 3.05) is 13.2 Å². The van der Waals surface area contributed by atoms with Crippen molar-refractivity contribution in [2.45, 2.75) is 52.0 Å². The zero-order valence-corrected chi connectivity index (χ0v) is 26.8. The van der Waals surface area contributed by atoms with E-state index in [1.165, 1.54) is 0 Å². The molecule has 3 aromatic heterocycles. The third kappa shape index (κ3) is 6.02. The Balaban J connectivity index is 1.25. The Morgan fingerprint density at radius 1 is 1.00 bits per heavy atom. The van der Waals surface area contributed by atoms with Gasteiger partial charge in [-0.25, -0.2) is 9.78 Å². The number of imidazole rings is 1. The summed E-state index contributed by atoms with van der Waals surface area (Å²) >= 11 is 0. The molecule has 0 spiro atoms. The quantitative estimate of drug-likeness (QED) is 0.168. The molecule has 1 aliphatic rings. The van der Waals surface area contributed by atoms with Crippen molar-refractivity contribution in [3.05, 3.63) is 102 Å². The molecule has 0 saturated heterocycles. The molecule has 0 atom stereocenters.